The van der Waals surface area contributed by atoms with Crippen LogP contribution in [0.25, 0.3) is 21.1 Å². The smallest absolute Gasteiger partial charge is 0.261 e. The maximum Gasteiger partial charge on any atom is 0.261 e. The first-order valence-corrected chi connectivity index (χ1v) is 10.3. The molecule has 0 unspecified atom stereocenters. The van der Waals surface area contributed by atoms with E-state index in [0.29, 0.717) is 5.92 Å². The van der Waals surface area contributed by atoms with E-state index in [0.717, 1.165) is 57.5 Å². The van der Waals surface area contributed by atoms with Crippen molar-refractivity contribution in [1.29, 1.82) is 0 Å². The number of H-pyrrole nitrogens is 1. The number of benzene rings is 2. The van der Waals surface area contributed by atoms with Gasteiger partial charge in [0.1, 0.15) is 5.82 Å². The predicted molar refractivity (Wildman–Crippen MR) is 110 cm³/mol. The molecule has 0 saturated heterocycles. The van der Waals surface area contributed by atoms with Crippen LogP contribution >= 0.6 is 11.3 Å². The van der Waals surface area contributed by atoms with E-state index in [1.54, 1.807) is 11.3 Å². The zero-order valence-corrected chi connectivity index (χ0v) is 15.8. The van der Waals surface area contributed by atoms with Gasteiger partial charge in [0.25, 0.3) is 5.91 Å². The summed E-state index contributed by atoms with van der Waals surface area (Å²) >= 11 is 1.56. The summed E-state index contributed by atoms with van der Waals surface area (Å²) in [4.78, 5) is 21.8. The number of imidazole rings is 1. The predicted octanol–water partition coefficient (Wildman–Crippen LogP) is 5.23. The maximum atomic E-state index is 12.7. The molecule has 4 aromatic rings. The number of nitrogens with zero attached hydrogens (tertiary/aromatic N) is 1. The normalized spacial score (nSPS) is 20.1. The van der Waals surface area contributed by atoms with Gasteiger partial charge in [-0.1, -0.05) is 36.8 Å². The van der Waals surface area contributed by atoms with Crippen LogP contribution in [0.1, 0.15) is 47.1 Å². The number of aromatic nitrogens is 2. The summed E-state index contributed by atoms with van der Waals surface area (Å²) < 4.78 is 1.16. The number of hydrogen-bond acceptors (Lipinski definition) is 3. The van der Waals surface area contributed by atoms with Crippen LogP contribution in [0.2, 0.25) is 0 Å². The highest BCUT2D eigenvalue weighted by molar-refractivity contribution is 7.20. The van der Waals surface area contributed by atoms with Crippen molar-refractivity contribution in [3.05, 3.63) is 65.3 Å². The molecule has 0 radical (unpaired) electrons. The van der Waals surface area contributed by atoms with Crippen LogP contribution in [-0.2, 0) is 0 Å². The Labute approximate surface area is 161 Å². The molecule has 2 N–H and O–H groups in total. The van der Waals surface area contributed by atoms with Gasteiger partial charge in [-0.2, -0.15) is 0 Å². The summed E-state index contributed by atoms with van der Waals surface area (Å²) in [6.07, 6.45) is 4.21. The van der Waals surface area contributed by atoms with Gasteiger partial charge in [0.05, 0.1) is 15.9 Å². The minimum absolute atomic E-state index is 0.0476. The molecule has 2 heterocycles. The Morgan fingerprint density at radius 3 is 2.85 bits per heavy atom. The first-order chi connectivity index (χ1) is 13.3. The van der Waals surface area contributed by atoms with Gasteiger partial charge >= 0.3 is 0 Å². The lowest BCUT2D eigenvalue weighted by atomic mass is 9.85. The molecule has 27 heavy (non-hydrogen) atoms. The zero-order chi connectivity index (χ0) is 18.2. The van der Waals surface area contributed by atoms with E-state index in [9.17, 15) is 4.79 Å². The molecule has 2 atom stereocenters. The first kappa shape index (κ1) is 16.5. The molecule has 1 saturated carbocycles. The summed E-state index contributed by atoms with van der Waals surface area (Å²) in [7, 11) is 0. The number of fused-ring (bicyclic) bond motifs is 2. The quantitative estimate of drug-likeness (QED) is 0.515. The number of thiophene rings is 1. The first-order valence-electron chi connectivity index (χ1n) is 9.50. The molecule has 5 rings (SSSR count). The molecule has 0 bridgehead atoms. The van der Waals surface area contributed by atoms with E-state index < -0.39 is 0 Å². The van der Waals surface area contributed by atoms with Gasteiger partial charge < -0.3 is 10.3 Å². The lowest BCUT2D eigenvalue weighted by Crippen LogP contribution is -2.37. The SMILES string of the molecule is O=C(N[C@@H]1CCC[C@H](c2nc3ccccc3[nH]2)C1)c1cc2ccccc2s1. The van der Waals surface area contributed by atoms with Gasteiger partial charge in [-0.25, -0.2) is 4.98 Å². The van der Waals surface area contributed by atoms with Crippen molar-refractivity contribution < 1.29 is 4.79 Å². The number of rotatable bonds is 3. The van der Waals surface area contributed by atoms with Crippen LogP contribution in [0.3, 0.4) is 0 Å². The van der Waals surface area contributed by atoms with Crippen LogP contribution in [0, 0.1) is 0 Å². The number of nitrogens with one attached hydrogen (secondary N) is 2. The van der Waals surface area contributed by atoms with Crippen molar-refractivity contribution in [3.8, 4) is 0 Å². The molecule has 1 aliphatic rings. The third-order valence-electron chi connectivity index (χ3n) is 5.45. The molecular weight excluding hydrogens is 354 g/mol. The Morgan fingerprint density at radius 1 is 1.11 bits per heavy atom. The number of amides is 1. The van der Waals surface area contributed by atoms with Crippen molar-refractivity contribution in [3.63, 3.8) is 0 Å². The second-order valence-electron chi connectivity index (χ2n) is 7.32. The van der Waals surface area contributed by atoms with Crippen LogP contribution in [0.15, 0.2) is 54.6 Å². The fraction of sp³-hybridized carbons (Fsp3) is 0.273. The largest absolute Gasteiger partial charge is 0.349 e. The number of carbonyl (C=O) groups excluding carboxylic acids is 1. The van der Waals surface area contributed by atoms with E-state index >= 15 is 0 Å². The summed E-state index contributed by atoms with van der Waals surface area (Å²) in [6, 6.07) is 18.5. The van der Waals surface area contributed by atoms with Gasteiger partial charge in [-0.05, 0) is 48.9 Å². The van der Waals surface area contributed by atoms with E-state index in [1.165, 1.54) is 0 Å². The second-order valence-corrected chi connectivity index (χ2v) is 8.41. The highest BCUT2D eigenvalue weighted by Crippen LogP contribution is 2.33. The molecule has 136 valence electrons. The van der Waals surface area contributed by atoms with Crippen LogP contribution in [-0.4, -0.2) is 21.9 Å². The van der Waals surface area contributed by atoms with Gasteiger partial charge in [0.15, 0.2) is 0 Å². The molecular formula is C22H21N3OS. The van der Waals surface area contributed by atoms with Crippen LogP contribution in [0.5, 0.6) is 0 Å². The molecule has 2 aromatic carbocycles. The number of hydrogen-bond donors (Lipinski definition) is 2. The highest BCUT2D eigenvalue weighted by atomic mass is 32.1. The standard InChI is InChI=1S/C22H21N3OS/c26-22(20-13-14-6-1-4-11-19(14)27-20)23-16-8-5-7-15(12-16)21-24-17-9-2-3-10-18(17)25-21/h1-4,6,9-11,13,15-16H,5,7-8,12H2,(H,23,26)(H,24,25)/t15-,16+/m0/s1. The number of carbonyl (C=O) groups is 1. The Bertz CT molecular complexity index is 1050. The van der Waals surface area contributed by atoms with Gasteiger partial charge in [-0.15, -0.1) is 11.3 Å². The van der Waals surface area contributed by atoms with Crippen molar-refractivity contribution in [2.45, 2.75) is 37.6 Å². The van der Waals surface area contributed by atoms with Crippen molar-refractivity contribution in [2.24, 2.45) is 0 Å². The molecule has 4 nitrogen and oxygen atoms in total. The number of para-hydroxylation sites is 2. The lowest BCUT2D eigenvalue weighted by molar-refractivity contribution is 0.0929. The molecule has 0 aliphatic heterocycles. The fourth-order valence-corrected chi connectivity index (χ4v) is 5.05. The Kier molecular flexibility index (Phi) is 4.17. The summed E-state index contributed by atoms with van der Waals surface area (Å²) in [5.74, 6) is 1.47. The molecule has 0 spiro atoms. The topological polar surface area (TPSA) is 57.8 Å². The van der Waals surface area contributed by atoms with Crippen molar-refractivity contribution in [2.75, 3.05) is 0 Å². The van der Waals surface area contributed by atoms with E-state index in [4.69, 9.17) is 4.98 Å². The van der Waals surface area contributed by atoms with Crippen molar-refractivity contribution in [1.82, 2.24) is 15.3 Å². The summed E-state index contributed by atoms with van der Waals surface area (Å²) in [5, 5.41) is 4.40. The minimum Gasteiger partial charge on any atom is -0.349 e. The molecule has 1 amide bonds. The molecule has 5 heteroatoms. The maximum absolute atomic E-state index is 12.7. The monoisotopic (exact) mass is 375 g/mol. The molecule has 1 fully saturated rings. The molecule has 2 aromatic heterocycles. The average molecular weight is 375 g/mol. The summed E-state index contributed by atoms with van der Waals surface area (Å²) in [5.41, 5.74) is 2.10. The second kappa shape index (κ2) is 6.82. The lowest BCUT2D eigenvalue weighted by Gasteiger charge is -2.28. The average Bonchev–Trinajstić information content (AvgIpc) is 3.32. The zero-order valence-electron chi connectivity index (χ0n) is 14.9. The number of aromatic amines is 1. The Morgan fingerprint density at radius 2 is 1.96 bits per heavy atom. The summed E-state index contributed by atoms with van der Waals surface area (Å²) in [6.45, 7) is 0. The van der Waals surface area contributed by atoms with Crippen LogP contribution < -0.4 is 5.32 Å². The van der Waals surface area contributed by atoms with E-state index in [1.807, 2.05) is 36.4 Å². The highest BCUT2D eigenvalue weighted by Gasteiger charge is 2.27. The fourth-order valence-electron chi connectivity index (χ4n) is 4.09. The van der Waals surface area contributed by atoms with Crippen LogP contribution in [0.4, 0.5) is 0 Å². The Balaban J connectivity index is 1.31. The third-order valence-corrected chi connectivity index (χ3v) is 6.57. The van der Waals surface area contributed by atoms with Gasteiger partial charge in [-0.3, -0.25) is 4.79 Å². The Hall–Kier alpha value is -2.66. The van der Waals surface area contributed by atoms with Gasteiger partial charge in [0, 0.05) is 16.7 Å². The van der Waals surface area contributed by atoms with E-state index in [-0.39, 0.29) is 11.9 Å². The van der Waals surface area contributed by atoms with Crippen molar-refractivity contribution >= 4 is 38.4 Å². The third kappa shape index (κ3) is 3.23. The van der Waals surface area contributed by atoms with Gasteiger partial charge in [0.2, 0.25) is 0 Å². The van der Waals surface area contributed by atoms with E-state index in [2.05, 4.69) is 28.5 Å². The molecule has 1 aliphatic carbocycles. The minimum atomic E-state index is 0.0476.